The summed E-state index contributed by atoms with van der Waals surface area (Å²) in [4.78, 5) is 21.7. The van der Waals surface area contributed by atoms with Crippen molar-refractivity contribution in [1.29, 1.82) is 0 Å². The largest absolute Gasteiger partial charge is 0.492 e. The van der Waals surface area contributed by atoms with Gasteiger partial charge in [-0.15, -0.1) is 4.91 Å². The average molecular weight is 297 g/mol. The van der Waals surface area contributed by atoms with Crippen LogP contribution in [0, 0.1) is 17.2 Å². The zero-order valence-corrected chi connectivity index (χ0v) is 13.0. The first-order valence-electron chi connectivity index (χ1n) is 7.10. The van der Waals surface area contributed by atoms with Crippen molar-refractivity contribution in [1.82, 2.24) is 0 Å². The van der Waals surface area contributed by atoms with Crippen LogP contribution in [0.4, 0.5) is 0 Å². The van der Waals surface area contributed by atoms with E-state index >= 15 is 0 Å². The Morgan fingerprint density at radius 1 is 1.09 bits per heavy atom. The number of hydrogen-bond acceptors (Lipinski definition) is 3. The molecule has 2 rings (SSSR count). The number of carbonyl (C=O) groups is 1. The van der Waals surface area contributed by atoms with Crippen molar-refractivity contribution < 1.29 is 9.53 Å². The van der Waals surface area contributed by atoms with Crippen molar-refractivity contribution in [3.8, 4) is 16.9 Å². The average Bonchev–Trinajstić information content (AvgIpc) is 2.52. The SMILES string of the molecule is Cc1cccc(-c2ccc(OCC(C)(C)C(=O)N=O)cc2)c1. The predicted octanol–water partition coefficient (Wildman–Crippen LogP) is 4.36. The van der Waals surface area contributed by atoms with Gasteiger partial charge in [0.05, 0.1) is 5.41 Å². The van der Waals surface area contributed by atoms with Gasteiger partial charge in [0, 0.05) is 5.18 Å². The van der Waals surface area contributed by atoms with Gasteiger partial charge in [-0.3, -0.25) is 4.79 Å². The van der Waals surface area contributed by atoms with Crippen LogP contribution < -0.4 is 4.74 Å². The van der Waals surface area contributed by atoms with E-state index in [2.05, 4.69) is 30.3 Å². The van der Waals surface area contributed by atoms with Crippen LogP contribution in [0.5, 0.6) is 5.75 Å². The second kappa shape index (κ2) is 6.52. The van der Waals surface area contributed by atoms with Crippen LogP contribution in [0.25, 0.3) is 11.1 Å². The fourth-order valence-electron chi connectivity index (χ4n) is 2.02. The van der Waals surface area contributed by atoms with E-state index in [0.717, 1.165) is 11.1 Å². The van der Waals surface area contributed by atoms with E-state index in [1.165, 1.54) is 5.56 Å². The summed E-state index contributed by atoms with van der Waals surface area (Å²) >= 11 is 0. The van der Waals surface area contributed by atoms with Gasteiger partial charge in [-0.2, -0.15) is 0 Å². The smallest absolute Gasteiger partial charge is 0.295 e. The summed E-state index contributed by atoms with van der Waals surface area (Å²) in [5.74, 6) is -0.0490. The van der Waals surface area contributed by atoms with Crippen LogP contribution in [0.15, 0.2) is 53.7 Å². The summed E-state index contributed by atoms with van der Waals surface area (Å²) in [6.07, 6.45) is 0. The van der Waals surface area contributed by atoms with Gasteiger partial charge >= 0.3 is 0 Å². The first kappa shape index (κ1) is 15.9. The third-order valence-electron chi connectivity index (χ3n) is 3.47. The Kier molecular flexibility index (Phi) is 4.71. The number of hydrogen-bond donors (Lipinski definition) is 0. The number of nitrogens with zero attached hydrogens (tertiary/aromatic N) is 1. The van der Waals surface area contributed by atoms with Gasteiger partial charge in [-0.1, -0.05) is 42.0 Å². The molecule has 2 aromatic rings. The minimum Gasteiger partial charge on any atom is -0.492 e. The molecule has 0 unspecified atom stereocenters. The van der Waals surface area contributed by atoms with Crippen molar-refractivity contribution in [2.75, 3.05) is 6.61 Å². The molecule has 4 nitrogen and oxygen atoms in total. The van der Waals surface area contributed by atoms with Crippen molar-refractivity contribution in [3.05, 3.63) is 59.0 Å². The topological polar surface area (TPSA) is 55.7 Å². The molecular weight excluding hydrogens is 278 g/mol. The van der Waals surface area contributed by atoms with Crippen molar-refractivity contribution in [2.45, 2.75) is 20.8 Å². The molecule has 114 valence electrons. The fraction of sp³-hybridized carbons (Fsp3) is 0.278. The minimum absolute atomic E-state index is 0.112. The molecule has 22 heavy (non-hydrogen) atoms. The highest BCUT2D eigenvalue weighted by molar-refractivity contribution is 5.82. The lowest BCUT2D eigenvalue weighted by Crippen LogP contribution is -2.29. The van der Waals surface area contributed by atoms with Crippen molar-refractivity contribution in [2.24, 2.45) is 10.6 Å². The van der Waals surface area contributed by atoms with Gasteiger partial charge in [-0.05, 0) is 44.0 Å². The van der Waals surface area contributed by atoms with E-state index in [1.54, 1.807) is 13.8 Å². The molecule has 0 fully saturated rings. The first-order chi connectivity index (χ1) is 10.4. The molecule has 0 saturated carbocycles. The summed E-state index contributed by atoms with van der Waals surface area (Å²) < 4.78 is 5.59. The van der Waals surface area contributed by atoms with Gasteiger partial charge in [-0.25, -0.2) is 0 Å². The van der Waals surface area contributed by atoms with E-state index in [1.807, 2.05) is 30.3 Å². The third kappa shape index (κ3) is 3.79. The summed E-state index contributed by atoms with van der Waals surface area (Å²) in [6.45, 7) is 5.44. The van der Waals surface area contributed by atoms with Crippen LogP contribution in [0.3, 0.4) is 0 Å². The van der Waals surface area contributed by atoms with E-state index < -0.39 is 11.3 Å². The molecule has 0 heterocycles. The predicted molar refractivity (Wildman–Crippen MR) is 86.7 cm³/mol. The van der Waals surface area contributed by atoms with Gasteiger partial charge in [0.25, 0.3) is 5.91 Å². The molecule has 0 aromatic heterocycles. The summed E-state index contributed by atoms with van der Waals surface area (Å²) in [7, 11) is 0. The maximum Gasteiger partial charge on any atom is 0.295 e. The molecule has 0 bridgehead atoms. The summed E-state index contributed by atoms with van der Waals surface area (Å²) in [5.41, 5.74) is 2.53. The number of nitroso groups, excluding NO2 is 1. The zero-order valence-electron chi connectivity index (χ0n) is 13.0. The lowest BCUT2D eigenvalue weighted by molar-refractivity contribution is -0.127. The van der Waals surface area contributed by atoms with Gasteiger partial charge < -0.3 is 4.74 Å². The quantitative estimate of drug-likeness (QED) is 0.770. The Morgan fingerprint density at radius 2 is 1.77 bits per heavy atom. The number of rotatable bonds is 5. The number of ether oxygens (including phenoxy) is 1. The van der Waals surface area contributed by atoms with E-state index in [0.29, 0.717) is 5.75 Å². The van der Waals surface area contributed by atoms with Gasteiger partial charge in [0.2, 0.25) is 0 Å². The maximum absolute atomic E-state index is 11.4. The first-order valence-corrected chi connectivity index (χ1v) is 7.10. The Morgan fingerprint density at radius 3 is 2.36 bits per heavy atom. The normalized spacial score (nSPS) is 11.0. The van der Waals surface area contributed by atoms with Crippen LogP contribution in [0.2, 0.25) is 0 Å². The van der Waals surface area contributed by atoms with Crippen LogP contribution in [-0.4, -0.2) is 12.5 Å². The Labute approximate surface area is 130 Å². The lowest BCUT2D eigenvalue weighted by Gasteiger charge is -2.19. The van der Waals surface area contributed by atoms with E-state index in [4.69, 9.17) is 4.74 Å². The summed E-state index contributed by atoms with van der Waals surface area (Å²) in [6, 6.07) is 15.9. The molecule has 2 aromatic carbocycles. The fourth-order valence-corrected chi connectivity index (χ4v) is 2.02. The molecule has 4 heteroatoms. The van der Waals surface area contributed by atoms with Crippen LogP contribution in [0.1, 0.15) is 19.4 Å². The molecule has 0 atom stereocenters. The van der Waals surface area contributed by atoms with Crippen molar-refractivity contribution in [3.63, 3.8) is 0 Å². The Balaban J connectivity index is 2.07. The Hall–Kier alpha value is -2.49. The highest BCUT2D eigenvalue weighted by atomic mass is 16.5. The molecule has 1 amide bonds. The second-order valence-electron chi connectivity index (χ2n) is 5.96. The number of aryl methyl sites for hydroxylation is 1. The lowest BCUT2D eigenvalue weighted by atomic mass is 9.94. The molecule has 0 N–H and O–H groups in total. The number of benzene rings is 2. The maximum atomic E-state index is 11.4. The van der Waals surface area contributed by atoms with E-state index in [-0.39, 0.29) is 6.61 Å². The van der Waals surface area contributed by atoms with E-state index in [9.17, 15) is 9.70 Å². The highest BCUT2D eigenvalue weighted by Gasteiger charge is 2.29. The number of carbonyl (C=O) groups excluding carboxylic acids is 1. The number of amides is 1. The monoisotopic (exact) mass is 297 g/mol. The van der Waals surface area contributed by atoms with Gasteiger partial charge in [0.1, 0.15) is 12.4 Å². The molecular formula is C18H19NO3. The van der Waals surface area contributed by atoms with Crippen LogP contribution >= 0.6 is 0 Å². The second-order valence-corrected chi connectivity index (χ2v) is 5.96. The minimum atomic E-state index is -0.920. The Bertz CT molecular complexity index is 675. The molecule has 0 aliphatic rings. The highest BCUT2D eigenvalue weighted by Crippen LogP contribution is 2.25. The summed E-state index contributed by atoms with van der Waals surface area (Å²) in [5, 5.41) is 2.47. The third-order valence-corrected chi connectivity index (χ3v) is 3.47. The standard InChI is InChI=1S/C18H19NO3/c1-13-5-4-6-15(11-13)14-7-9-16(10-8-14)22-12-18(2,3)17(20)19-21/h4-11H,12H2,1-3H3. The molecule has 0 spiro atoms. The van der Waals surface area contributed by atoms with Gasteiger partial charge in [0.15, 0.2) is 0 Å². The van der Waals surface area contributed by atoms with Crippen molar-refractivity contribution >= 4 is 5.91 Å². The molecule has 0 aliphatic heterocycles. The van der Waals surface area contributed by atoms with Crippen LogP contribution in [-0.2, 0) is 4.79 Å². The molecule has 0 radical (unpaired) electrons. The zero-order chi connectivity index (χ0) is 16.2. The molecule has 0 saturated heterocycles. The molecule has 0 aliphatic carbocycles.